The Bertz CT molecular complexity index is 541. The van der Waals surface area contributed by atoms with E-state index in [4.69, 9.17) is 12.2 Å². The van der Waals surface area contributed by atoms with Crippen LogP contribution in [-0.2, 0) is 4.79 Å². The van der Waals surface area contributed by atoms with Gasteiger partial charge in [0.1, 0.15) is 0 Å². The van der Waals surface area contributed by atoms with Crippen LogP contribution in [0, 0.1) is 6.92 Å². The van der Waals surface area contributed by atoms with Gasteiger partial charge in [-0.1, -0.05) is 18.2 Å². The number of rotatable bonds is 3. The third kappa shape index (κ3) is 4.42. The zero-order chi connectivity index (χ0) is 16.1. The molecule has 1 aliphatic rings. The maximum Gasteiger partial charge on any atom is 0.242 e. The summed E-state index contributed by atoms with van der Waals surface area (Å²) in [4.78, 5) is 17.5. The number of likely N-dealkylation sites (N-methyl/N-ethyl adjacent to an activating group) is 2. The molecular formula is C16H25N4OS+. The molecule has 0 bridgehead atoms. The lowest BCUT2D eigenvalue weighted by Crippen LogP contribution is -3.12. The quantitative estimate of drug-likeness (QED) is 0.768. The van der Waals surface area contributed by atoms with Crippen molar-refractivity contribution >= 4 is 28.9 Å². The van der Waals surface area contributed by atoms with Crippen LogP contribution >= 0.6 is 12.2 Å². The number of carbonyl (C=O) groups excluding carboxylic acids is 1. The second kappa shape index (κ2) is 7.56. The Morgan fingerprint density at radius 1 is 1.36 bits per heavy atom. The van der Waals surface area contributed by atoms with Gasteiger partial charge in [0.25, 0.3) is 0 Å². The van der Waals surface area contributed by atoms with Crippen LogP contribution in [0.2, 0.25) is 0 Å². The number of piperazine rings is 1. The van der Waals surface area contributed by atoms with Crippen molar-refractivity contribution in [2.75, 3.05) is 52.1 Å². The number of quaternary nitrogens is 1. The van der Waals surface area contributed by atoms with Gasteiger partial charge in [0, 0.05) is 12.7 Å². The fourth-order valence-electron chi connectivity index (χ4n) is 2.44. The summed E-state index contributed by atoms with van der Waals surface area (Å²) in [5.41, 5.74) is 2.11. The zero-order valence-electron chi connectivity index (χ0n) is 13.6. The molecule has 6 heteroatoms. The Morgan fingerprint density at radius 3 is 2.64 bits per heavy atom. The van der Waals surface area contributed by atoms with Crippen LogP contribution in [0.5, 0.6) is 0 Å². The third-order valence-corrected chi connectivity index (χ3v) is 4.49. The third-order valence-electron chi connectivity index (χ3n) is 4.08. The number of nitrogens with zero attached hydrogens (tertiary/aromatic N) is 2. The molecule has 0 atom stereocenters. The van der Waals surface area contributed by atoms with Crippen LogP contribution in [0.15, 0.2) is 24.3 Å². The number of hydrogen-bond acceptors (Lipinski definition) is 2. The van der Waals surface area contributed by atoms with Gasteiger partial charge in [0.05, 0.1) is 39.8 Å². The Labute approximate surface area is 137 Å². The van der Waals surface area contributed by atoms with Crippen LogP contribution < -0.4 is 10.2 Å². The van der Waals surface area contributed by atoms with Crippen molar-refractivity contribution < 1.29 is 9.69 Å². The van der Waals surface area contributed by atoms with Crippen molar-refractivity contribution in [2.24, 2.45) is 0 Å². The minimum absolute atomic E-state index is 0.143. The van der Waals surface area contributed by atoms with Crippen molar-refractivity contribution in [1.82, 2.24) is 9.80 Å². The standard InChI is InChI=1S/C16H24N4OS/c1-13-6-4-5-7-14(13)17-16(22)19(3)12-15(21)20-10-8-18(2)9-11-20/h4-7H,8-12H2,1-3H3,(H,17,22)/p+1. The van der Waals surface area contributed by atoms with Crippen molar-refractivity contribution in [3.05, 3.63) is 29.8 Å². The second-order valence-electron chi connectivity index (χ2n) is 5.94. The fourth-order valence-corrected chi connectivity index (χ4v) is 2.61. The summed E-state index contributed by atoms with van der Waals surface area (Å²) in [5.74, 6) is 0.143. The molecule has 0 aromatic heterocycles. The summed E-state index contributed by atoms with van der Waals surface area (Å²) >= 11 is 5.40. The van der Waals surface area contributed by atoms with E-state index in [-0.39, 0.29) is 5.91 Å². The van der Waals surface area contributed by atoms with Crippen LogP contribution in [-0.4, -0.2) is 67.6 Å². The van der Waals surface area contributed by atoms with Gasteiger partial charge >= 0.3 is 0 Å². The number of amides is 1. The maximum atomic E-state index is 12.3. The van der Waals surface area contributed by atoms with E-state index in [0.29, 0.717) is 11.7 Å². The molecule has 1 aromatic carbocycles. The van der Waals surface area contributed by atoms with Crippen molar-refractivity contribution in [3.63, 3.8) is 0 Å². The predicted octanol–water partition coefficient (Wildman–Crippen LogP) is -0.0195. The molecule has 0 unspecified atom stereocenters. The molecule has 1 amide bonds. The van der Waals surface area contributed by atoms with E-state index in [2.05, 4.69) is 12.4 Å². The fraction of sp³-hybridized carbons (Fsp3) is 0.500. The van der Waals surface area contributed by atoms with E-state index >= 15 is 0 Å². The van der Waals surface area contributed by atoms with E-state index in [0.717, 1.165) is 37.4 Å². The molecule has 0 radical (unpaired) electrons. The van der Waals surface area contributed by atoms with Gasteiger partial charge in [0.15, 0.2) is 5.11 Å². The molecule has 1 fully saturated rings. The smallest absolute Gasteiger partial charge is 0.242 e. The first kappa shape index (κ1) is 16.7. The first-order valence-electron chi connectivity index (χ1n) is 7.64. The highest BCUT2D eigenvalue weighted by Gasteiger charge is 2.22. The summed E-state index contributed by atoms with van der Waals surface area (Å²) in [6, 6.07) is 7.98. The zero-order valence-corrected chi connectivity index (χ0v) is 14.4. The van der Waals surface area contributed by atoms with E-state index in [1.165, 1.54) is 4.90 Å². The first-order chi connectivity index (χ1) is 10.5. The summed E-state index contributed by atoms with van der Waals surface area (Å²) in [7, 11) is 4.02. The van der Waals surface area contributed by atoms with E-state index in [1.807, 2.05) is 43.1 Å². The molecule has 1 saturated heterocycles. The molecule has 1 aromatic rings. The Kier molecular flexibility index (Phi) is 5.74. The molecule has 0 aliphatic carbocycles. The molecule has 2 N–H and O–H groups in total. The average molecular weight is 321 g/mol. The SMILES string of the molecule is Cc1ccccc1NC(=S)N(C)CC(=O)N1CC[NH+](C)CC1. The van der Waals surface area contributed by atoms with Gasteiger partial charge in [-0.2, -0.15) is 0 Å². The highest BCUT2D eigenvalue weighted by molar-refractivity contribution is 7.80. The predicted molar refractivity (Wildman–Crippen MR) is 93.2 cm³/mol. The number of aryl methyl sites for hydroxylation is 1. The van der Waals surface area contributed by atoms with Crippen molar-refractivity contribution in [2.45, 2.75) is 6.92 Å². The lowest BCUT2D eigenvalue weighted by molar-refractivity contribution is -0.883. The number of thiocarbonyl (C=S) groups is 1. The molecule has 120 valence electrons. The van der Waals surface area contributed by atoms with Gasteiger partial charge in [-0.05, 0) is 30.8 Å². The molecule has 0 spiro atoms. The molecule has 22 heavy (non-hydrogen) atoms. The Balaban J connectivity index is 1.86. The normalized spacial score (nSPS) is 15.5. The summed E-state index contributed by atoms with van der Waals surface area (Å²) in [6.07, 6.45) is 0. The lowest BCUT2D eigenvalue weighted by atomic mass is 10.2. The molecule has 2 rings (SSSR count). The Morgan fingerprint density at radius 2 is 2.00 bits per heavy atom. The first-order valence-corrected chi connectivity index (χ1v) is 8.05. The number of carbonyl (C=O) groups is 1. The second-order valence-corrected chi connectivity index (χ2v) is 6.33. The van der Waals surface area contributed by atoms with Gasteiger partial charge in [-0.15, -0.1) is 0 Å². The summed E-state index contributed by atoms with van der Waals surface area (Å²) in [5, 5.41) is 3.78. The number of hydrogen-bond donors (Lipinski definition) is 2. The molecular weight excluding hydrogens is 296 g/mol. The van der Waals surface area contributed by atoms with Crippen molar-refractivity contribution in [3.8, 4) is 0 Å². The van der Waals surface area contributed by atoms with Gasteiger partial charge in [0.2, 0.25) is 5.91 Å². The average Bonchev–Trinajstić information content (AvgIpc) is 2.50. The molecule has 0 saturated carbocycles. The monoisotopic (exact) mass is 321 g/mol. The van der Waals surface area contributed by atoms with Crippen LogP contribution in [0.1, 0.15) is 5.56 Å². The summed E-state index contributed by atoms with van der Waals surface area (Å²) < 4.78 is 0. The van der Waals surface area contributed by atoms with E-state index in [1.54, 1.807) is 4.90 Å². The molecule has 5 nitrogen and oxygen atoms in total. The van der Waals surface area contributed by atoms with E-state index < -0.39 is 0 Å². The van der Waals surface area contributed by atoms with Crippen LogP contribution in [0.3, 0.4) is 0 Å². The largest absolute Gasteiger partial charge is 0.343 e. The van der Waals surface area contributed by atoms with Crippen molar-refractivity contribution in [1.29, 1.82) is 0 Å². The highest BCUT2D eigenvalue weighted by Crippen LogP contribution is 2.13. The Hall–Kier alpha value is -1.66. The molecule has 1 heterocycles. The minimum Gasteiger partial charge on any atom is -0.343 e. The number of anilines is 1. The number of benzene rings is 1. The van der Waals surface area contributed by atoms with E-state index in [9.17, 15) is 4.79 Å². The number of para-hydroxylation sites is 1. The summed E-state index contributed by atoms with van der Waals surface area (Å²) in [6.45, 7) is 6.04. The van der Waals surface area contributed by atoms with Crippen LogP contribution in [0.4, 0.5) is 5.69 Å². The highest BCUT2D eigenvalue weighted by atomic mass is 32.1. The number of nitrogens with one attached hydrogen (secondary N) is 2. The minimum atomic E-state index is 0.143. The lowest BCUT2D eigenvalue weighted by Gasteiger charge is -2.31. The van der Waals surface area contributed by atoms with Gasteiger partial charge in [-0.3, -0.25) is 4.79 Å². The molecule has 1 aliphatic heterocycles. The van der Waals surface area contributed by atoms with Gasteiger partial charge in [-0.25, -0.2) is 0 Å². The topological polar surface area (TPSA) is 40.0 Å². The van der Waals surface area contributed by atoms with Crippen LogP contribution in [0.25, 0.3) is 0 Å². The van der Waals surface area contributed by atoms with Gasteiger partial charge < -0.3 is 20.0 Å². The maximum absolute atomic E-state index is 12.3.